The average molecular weight is 545 g/mol. The summed E-state index contributed by atoms with van der Waals surface area (Å²) >= 11 is 0.318. The van der Waals surface area contributed by atoms with Crippen LogP contribution >= 0.6 is 11.3 Å². The second-order valence-electron chi connectivity index (χ2n) is 8.61. The van der Waals surface area contributed by atoms with Gasteiger partial charge in [-0.25, -0.2) is 14.6 Å². The fraction of sp³-hybridized carbons (Fsp3) is 0.500. The van der Waals surface area contributed by atoms with Crippen molar-refractivity contribution in [2.24, 2.45) is 0 Å². The van der Waals surface area contributed by atoms with Crippen LogP contribution in [0.25, 0.3) is 0 Å². The van der Waals surface area contributed by atoms with Crippen LogP contribution in [-0.4, -0.2) is 71.8 Å². The number of amides is 2. The van der Waals surface area contributed by atoms with Crippen LogP contribution in [0.1, 0.15) is 29.8 Å². The van der Waals surface area contributed by atoms with Gasteiger partial charge in [-0.3, -0.25) is 14.7 Å². The van der Waals surface area contributed by atoms with Gasteiger partial charge in [0.05, 0.1) is 30.9 Å². The van der Waals surface area contributed by atoms with Gasteiger partial charge in [0.25, 0.3) is 0 Å². The van der Waals surface area contributed by atoms with E-state index < -0.39 is 35.1 Å². The number of halogens is 4. The van der Waals surface area contributed by atoms with Gasteiger partial charge in [0.2, 0.25) is 10.9 Å². The van der Waals surface area contributed by atoms with E-state index >= 15 is 4.39 Å². The Hall–Kier alpha value is -3.33. The molecule has 3 heterocycles. The number of carbonyl (C=O) groups excluding carboxylic acids is 3. The lowest BCUT2D eigenvalue weighted by atomic mass is 10.1. The first-order valence-corrected chi connectivity index (χ1v) is 12.3. The van der Waals surface area contributed by atoms with E-state index in [1.165, 1.54) is 29.0 Å². The van der Waals surface area contributed by atoms with Crippen LogP contribution in [0.5, 0.6) is 0 Å². The summed E-state index contributed by atoms with van der Waals surface area (Å²) in [6.07, 6.45) is -5.32. The summed E-state index contributed by atoms with van der Waals surface area (Å²) in [6.45, 7) is 2.73. The molecular weight excluding hydrogens is 520 g/mol. The summed E-state index contributed by atoms with van der Waals surface area (Å²) in [5.74, 6) is -1.05. The van der Waals surface area contributed by atoms with Gasteiger partial charge >= 0.3 is 12.3 Å². The molecule has 1 aromatic heterocycles. The molecule has 0 aliphatic carbocycles. The zero-order valence-electron chi connectivity index (χ0n) is 19.8. The summed E-state index contributed by atoms with van der Waals surface area (Å²) in [6, 6.07) is 4.37. The van der Waals surface area contributed by atoms with Gasteiger partial charge in [0.15, 0.2) is 0 Å². The van der Waals surface area contributed by atoms with Crippen molar-refractivity contribution >= 4 is 40.5 Å². The number of aromatic nitrogens is 2. The van der Waals surface area contributed by atoms with Crippen molar-refractivity contribution in [2.75, 3.05) is 42.5 Å². The van der Waals surface area contributed by atoms with Crippen LogP contribution in [0.4, 0.5) is 33.7 Å². The van der Waals surface area contributed by atoms with Crippen LogP contribution in [0, 0.1) is 5.82 Å². The SMILES string of the molecule is CC(=O)CC[C@H]1CN(c2ccc(N3CCNN(C(=O)Cc4nnc(C(F)(F)F)s4)CC3)c(F)c2)C(=O)O1. The molecule has 2 saturated heterocycles. The average Bonchev–Trinajstić information content (AvgIpc) is 3.37. The number of rotatable bonds is 7. The Morgan fingerprint density at radius 3 is 2.68 bits per heavy atom. The molecule has 15 heteroatoms. The number of carbonyl (C=O) groups is 3. The lowest BCUT2D eigenvalue weighted by Gasteiger charge is -2.24. The number of nitrogens with one attached hydrogen (secondary N) is 1. The van der Waals surface area contributed by atoms with E-state index in [1.807, 2.05) is 0 Å². The van der Waals surface area contributed by atoms with Crippen molar-refractivity contribution in [1.29, 1.82) is 0 Å². The zero-order valence-corrected chi connectivity index (χ0v) is 20.6. The number of Topliss-reactive ketones (excluding diaryl/α,β-unsaturated/α-hetero) is 1. The van der Waals surface area contributed by atoms with Crippen LogP contribution in [-0.2, 0) is 26.9 Å². The molecule has 37 heavy (non-hydrogen) atoms. The number of nitrogens with zero attached hydrogens (tertiary/aromatic N) is 5. The second-order valence-corrected chi connectivity index (χ2v) is 9.67. The summed E-state index contributed by atoms with van der Waals surface area (Å²) < 4.78 is 58.5. The largest absolute Gasteiger partial charge is 0.445 e. The Bertz CT molecular complexity index is 1180. The fourth-order valence-corrected chi connectivity index (χ4v) is 4.71. The molecule has 2 fully saturated rings. The topological polar surface area (TPSA) is 108 Å². The molecule has 1 aromatic carbocycles. The van der Waals surface area contributed by atoms with Crippen molar-refractivity contribution in [3.05, 3.63) is 34.0 Å². The molecule has 0 saturated carbocycles. The minimum Gasteiger partial charge on any atom is -0.444 e. The molecule has 2 aliphatic rings. The Morgan fingerprint density at radius 2 is 2.00 bits per heavy atom. The second kappa shape index (κ2) is 11.0. The molecule has 0 bridgehead atoms. The summed E-state index contributed by atoms with van der Waals surface area (Å²) in [4.78, 5) is 39.0. The smallest absolute Gasteiger partial charge is 0.444 e. The van der Waals surface area contributed by atoms with Crippen molar-refractivity contribution in [3.8, 4) is 0 Å². The lowest BCUT2D eigenvalue weighted by molar-refractivity contribution is -0.138. The molecule has 1 atom stereocenters. The molecule has 0 spiro atoms. The van der Waals surface area contributed by atoms with Gasteiger partial charge in [0.1, 0.15) is 22.7 Å². The molecular formula is C22H24F4N6O4S. The highest BCUT2D eigenvalue weighted by Crippen LogP contribution is 2.32. The summed E-state index contributed by atoms with van der Waals surface area (Å²) in [7, 11) is 0. The maximum Gasteiger partial charge on any atom is 0.445 e. The van der Waals surface area contributed by atoms with Gasteiger partial charge in [-0.05, 0) is 31.5 Å². The Morgan fingerprint density at radius 1 is 1.22 bits per heavy atom. The van der Waals surface area contributed by atoms with Crippen molar-refractivity contribution < 1.29 is 36.7 Å². The third-order valence-corrected chi connectivity index (χ3v) is 6.83. The van der Waals surface area contributed by atoms with Crippen LogP contribution in [0.15, 0.2) is 18.2 Å². The van der Waals surface area contributed by atoms with Gasteiger partial charge in [-0.1, -0.05) is 11.3 Å². The Kier molecular flexibility index (Phi) is 7.92. The van der Waals surface area contributed by atoms with E-state index in [2.05, 4.69) is 15.6 Å². The first-order chi connectivity index (χ1) is 17.5. The first kappa shape index (κ1) is 26.7. The molecule has 2 aliphatic heterocycles. The van der Waals surface area contributed by atoms with E-state index in [-0.39, 0.29) is 55.5 Å². The number of anilines is 2. The number of benzene rings is 1. The molecule has 0 unspecified atom stereocenters. The third kappa shape index (κ3) is 6.52. The number of ketones is 1. The monoisotopic (exact) mass is 544 g/mol. The van der Waals surface area contributed by atoms with E-state index in [1.54, 1.807) is 11.0 Å². The molecule has 2 amide bonds. The van der Waals surface area contributed by atoms with Crippen molar-refractivity contribution in [3.63, 3.8) is 0 Å². The predicted molar refractivity (Wildman–Crippen MR) is 124 cm³/mol. The van der Waals surface area contributed by atoms with Gasteiger partial charge < -0.3 is 14.4 Å². The van der Waals surface area contributed by atoms with Crippen LogP contribution in [0.3, 0.4) is 0 Å². The molecule has 1 N–H and O–H groups in total. The maximum absolute atomic E-state index is 15.1. The quantitative estimate of drug-likeness (QED) is 0.531. The molecule has 0 radical (unpaired) electrons. The zero-order chi connectivity index (χ0) is 26.7. The Labute approximate surface area is 213 Å². The number of hydrogen-bond donors (Lipinski definition) is 1. The van der Waals surface area contributed by atoms with Crippen molar-refractivity contribution in [2.45, 2.75) is 38.5 Å². The minimum atomic E-state index is -4.62. The molecule has 2 aromatic rings. The summed E-state index contributed by atoms with van der Waals surface area (Å²) in [5.41, 5.74) is 3.51. The standard InChI is InChI=1S/C22H24F4N6O4S/c1-13(33)2-4-15-12-31(21(35)36-15)14-3-5-17(16(23)10-14)30-7-6-27-32(9-8-30)19(34)11-18-28-29-20(37-18)22(24,25)26/h3,5,10,15,27H,2,4,6-9,11-12H2,1H3/t15-/m0/s1. The normalized spacial score (nSPS) is 18.7. The van der Waals surface area contributed by atoms with E-state index in [9.17, 15) is 27.6 Å². The Balaban J connectivity index is 1.35. The minimum absolute atomic E-state index is 0.00658. The van der Waals surface area contributed by atoms with E-state index in [4.69, 9.17) is 4.74 Å². The number of alkyl halides is 3. The molecule has 200 valence electrons. The van der Waals surface area contributed by atoms with Crippen LogP contribution < -0.4 is 15.2 Å². The predicted octanol–water partition coefficient (Wildman–Crippen LogP) is 2.79. The molecule has 10 nitrogen and oxygen atoms in total. The first-order valence-electron chi connectivity index (χ1n) is 11.5. The van der Waals surface area contributed by atoms with E-state index in [0.717, 1.165) is 0 Å². The number of cyclic esters (lactones) is 1. The lowest BCUT2D eigenvalue weighted by Crippen LogP contribution is -2.44. The van der Waals surface area contributed by atoms with E-state index in [0.29, 0.717) is 30.0 Å². The fourth-order valence-electron chi connectivity index (χ4n) is 4.02. The highest BCUT2D eigenvalue weighted by Gasteiger charge is 2.36. The van der Waals surface area contributed by atoms with Crippen LogP contribution in [0.2, 0.25) is 0 Å². The van der Waals surface area contributed by atoms with Gasteiger partial charge in [0, 0.05) is 26.1 Å². The number of ether oxygens (including phenoxy) is 1. The highest BCUT2D eigenvalue weighted by molar-refractivity contribution is 7.11. The maximum atomic E-state index is 15.1. The van der Waals surface area contributed by atoms with Crippen molar-refractivity contribution in [1.82, 2.24) is 20.6 Å². The van der Waals surface area contributed by atoms with Gasteiger partial charge in [-0.15, -0.1) is 10.2 Å². The number of hydrazine groups is 1. The third-order valence-electron chi connectivity index (χ3n) is 5.87. The molecule has 4 rings (SSSR count). The number of hydrogen-bond acceptors (Lipinski definition) is 9. The van der Waals surface area contributed by atoms with Gasteiger partial charge in [-0.2, -0.15) is 13.2 Å². The highest BCUT2D eigenvalue weighted by atomic mass is 32.1. The summed E-state index contributed by atoms with van der Waals surface area (Å²) in [5, 5.41) is 6.64.